The maximum Gasteiger partial charge on any atom is 0.220 e. The summed E-state index contributed by atoms with van der Waals surface area (Å²) in [4.78, 5) is 26.0. The van der Waals surface area contributed by atoms with E-state index in [2.05, 4.69) is 17.4 Å². The van der Waals surface area contributed by atoms with Gasteiger partial charge < -0.3 is 5.32 Å². The Kier molecular flexibility index (Phi) is 5.41. The molecule has 0 saturated heterocycles. The van der Waals surface area contributed by atoms with Crippen molar-refractivity contribution in [3.63, 3.8) is 0 Å². The molecule has 1 aliphatic heterocycles. The molecule has 1 unspecified atom stereocenters. The van der Waals surface area contributed by atoms with Gasteiger partial charge in [-0.2, -0.15) is 0 Å². The van der Waals surface area contributed by atoms with Crippen molar-refractivity contribution in [3.05, 3.63) is 51.2 Å². The monoisotopic (exact) mass is 365 g/mol. The Hall–Kier alpha value is -1.30. The first kappa shape index (κ1) is 16.6. The smallest absolute Gasteiger partial charge is 0.220 e. The second-order valence-corrected chi connectivity index (χ2v) is 8.17. The van der Waals surface area contributed by atoms with E-state index in [9.17, 15) is 9.59 Å². The summed E-state index contributed by atoms with van der Waals surface area (Å²) in [5.41, 5.74) is 1.17. The Labute approximate surface area is 148 Å². The van der Waals surface area contributed by atoms with Gasteiger partial charge in [0.2, 0.25) is 5.91 Å². The number of thiophene rings is 1. The number of hydrogen-bond acceptors (Lipinski definition) is 4. The van der Waals surface area contributed by atoms with Crippen LogP contribution in [0.3, 0.4) is 0 Å². The predicted octanol–water partition coefficient (Wildman–Crippen LogP) is 4.72. The molecule has 1 aliphatic rings. The molecule has 1 atom stereocenters. The zero-order valence-corrected chi connectivity index (χ0v) is 14.8. The molecule has 0 spiro atoms. The second kappa shape index (κ2) is 7.51. The Morgan fingerprint density at radius 1 is 1.17 bits per heavy atom. The molecular formula is C17H16ClNO2S2. The molecule has 2 aromatic rings. The molecule has 6 heteroatoms. The number of halogens is 1. The molecule has 0 radical (unpaired) electrons. The van der Waals surface area contributed by atoms with Crippen LogP contribution in [0.2, 0.25) is 4.34 Å². The fraction of sp³-hybridized carbons (Fsp3) is 0.294. The molecule has 1 aromatic carbocycles. The molecule has 120 valence electrons. The highest BCUT2D eigenvalue weighted by molar-refractivity contribution is 7.99. The maximum atomic E-state index is 12.2. The molecule has 3 nitrogen and oxygen atoms in total. The van der Waals surface area contributed by atoms with Gasteiger partial charge in [0.05, 0.1) is 15.3 Å². The number of carbonyl (C=O) groups excluding carboxylic acids is 2. The van der Waals surface area contributed by atoms with E-state index in [0.717, 1.165) is 12.2 Å². The molecule has 2 heterocycles. The van der Waals surface area contributed by atoms with Crippen LogP contribution in [-0.4, -0.2) is 17.4 Å². The van der Waals surface area contributed by atoms with Crippen LogP contribution in [-0.2, 0) is 4.79 Å². The lowest BCUT2D eigenvalue weighted by Crippen LogP contribution is -2.30. The lowest BCUT2D eigenvalue weighted by Gasteiger charge is -2.25. The molecule has 23 heavy (non-hydrogen) atoms. The van der Waals surface area contributed by atoms with Crippen LogP contribution in [0.5, 0.6) is 0 Å². The first-order valence-electron chi connectivity index (χ1n) is 7.43. The highest BCUT2D eigenvalue weighted by Gasteiger charge is 2.22. The maximum absolute atomic E-state index is 12.2. The normalized spacial score (nSPS) is 16.7. The third-order valence-electron chi connectivity index (χ3n) is 3.72. The Balaban J connectivity index is 1.55. The molecule has 1 N–H and O–H groups in total. The highest BCUT2D eigenvalue weighted by atomic mass is 35.5. The summed E-state index contributed by atoms with van der Waals surface area (Å²) in [6.07, 6.45) is 1.34. The van der Waals surface area contributed by atoms with Crippen LogP contribution in [0, 0.1) is 0 Å². The summed E-state index contributed by atoms with van der Waals surface area (Å²) in [5.74, 6) is 0.888. The summed E-state index contributed by atoms with van der Waals surface area (Å²) in [6.45, 7) is 0. The lowest BCUT2D eigenvalue weighted by molar-refractivity contribution is -0.121. The van der Waals surface area contributed by atoms with Crippen molar-refractivity contribution in [2.75, 3.05) is 5.75 Å². The van der Waals surface area contributed by atoms with E-state index >= 15 is 0 Å². The summed E-state index contributed by atoms with van der Waals surface area (Å²) in [6, 6.07) is 11.6. The van der Waals surface area contributed by atoms with Gasteiger partial charge in [0.1, 0.15) is 0 Å². The topological polar surface area (TPSA) is 46.2 Å². The summed E-state index contributed by atoms with van der Waals surface area (Å²) >= 11 is 8.91. The van der Waals surface area contributed by atoms with Gasteiger partial charge in [0.25, 0.3) is 0 Å². The van der Waals surface area contributed by atoms with Crippen molar-refractivity contribution in [1.29, 1.82) is 0 Å². The molecule has 0 bridgehead atoms. The van der Waals surface area contributed by atoms with Crippen molar-refractivity contribution in [2.45, 2.75) is 30.2 Å². The third-order valence-corrected chi connectivity index (χ3v) is 6.12. The number of Topliss-reactive ketones (excluding diaryl/α,β-unsaturated/α-hetero) is 1. The first-order chi connectivity index (χ1) is 11.1. The van der Waals surface area contributed by atoms with E-state index in [4.69, 9.17) is 11.6 Å². The summed E-state index contributed by atoms with van der Waals surface area (Å²) < 4.78 is 0.592. The number of fused-ring (bicyclic) bond motifs is 1. The molecular weight excluding hydrogens is 350 g/mol. The second-order valence-electron chi connectivity index (χ2n) is 5.32. The van der Waals surface area contributed by atoms with E-state index in [1.165, 1.54) is 21.8 Å². The molecule has 1 aromatic heterocycles. The zero-order chi connectivity index (χ0) is 16.2. The number of amides is 1. The van der Waals surface area contributed by atoms with Gasteiger partial charge in [-0.1, -0.05) is 29.8 Å². The van der Waals surface area contributed by atoms with Gasteiger partial charge >= 0.3 is 0 Å². The fourth-order valence-corrected chi connectivity index (χ4v) is 4.71. The van der Waals surface area contributed by atoms with E-state index < -0.39 is 0 Å². The van der Waals surface area contributed by atoms with Crippen LogP contribution in [0.4, 0.5) is 0 Å². The molecule has 0 aliphatic carbocycles. The number of hydrogen-bond donors (Lipinski definition) is 1. The van der Waals surface area contributed by atoms with Gasteiger partial charge in [-0.25, -0.2) is 0 Å². The molecule has 0 fully saturated rings. The first-order valence-corrected chi connectivity index (χ1v) is 9.61. The SMILES string of the molecule is O=C(CCC(=O)c1ccc(Cl)s1)NC1CCSc2ccccc21. The van der Waals surface area contributed by atoms with Crippen LogP contribution in [0.25, 0.3) is 0 Å². The van der Waals surface area contributed by atoms with E-state index in [0.29, 0.717) is 9.21 Å². The minimum Gasteiger partial charge on any atom is -0.349 e. The quantitative estimate of drug-likeness (QED) is 0.780. The van der Waals surface area contributed by atoms with E-state index in [1.54, 1.807) is 12.1 Å². The van der Waals surface area contributed by atoms with Gasteiger partial charge in [0, 0.05) is 23.5 Å². The number of rotatable bonds is 5. The highest BCUT2D eigenvalue weighted by Crippen LogP contribution is 2.35. The van der Waals surface area contributed by atoms with Gasteiger partial charge in [-0.3, -0.25) is 9.59 Å². The Morgan fingerprint density at radius 3 is 2.78 bits per heavy atom. The van der Waals surface area contributed by atoms with E-state index in [1.807, 2.05) is 23.9 Å². The van der Waals surface area contributed by atoms with E-state index in [-0.39, 0.29) is 30.6 Å². The number of benzene rings is 1. The molecule has 1 amide bonds. The lowest BCUT2D eigenvalue weighted by atomic mass is 10.0. The van der Waals surface area contributed by atoms with Crippen molar-refractivity contribution in [1.82, 2.24) is 5.32 Å². The van der Waals surface area contributed by atoms with Crippen molar-refractivity contribution in [3.8, 4) is 0 Å². The molecule has 0 saturated carbocycles. The standard InChI is InChI=1S/C17H16ClNO2S2/c18-16-7-6-15(23-16)13(20)5-8-17(21)19-12-9-10-22-14-4-2-1-3-11(12)14/h1-4,6-7,12H,5,8-10H2,(H,19,21). The van der Waals surface area contributed by atoms with Crippen LogP contribution >= 0.6 is 34.7 Å². The number of ketones is 1. The fourth-order valence-electron chi connectivity index (χ4n) is 2.57. The van der Waals surface area contributed by atoms with Crippen LogP contribution < -0.4 is 5.32 Å². The van der Waals surface area contributed by atoms with Crippen LogP contribution in [0.1, 0.15) is 40.5 Å². The zero-order valence-electron chi connectivity index (χ0n) is 12.4. The van der Waals surface area contributed by atoms with Gasteiger partial charge in [0.15, 0.2) is 5.78 Å². The number of thioether (sulfide) groups is 1. The van der Waals surface area contributed by atoms with Crippen molar-refractivity contribution >= 4 is 46.4 Å². The summed E-state index contributed by atoms with van der Waals surface area (Å²) in [5, 5.41) is 3.06. The minimum atomic E-state index is -0.0762. The number of nitrogens with one attached hydrogen (secondary N) is 1. The van der Waals surface area contributed by atoms with Crippen molar-refractivity contribution < 1.29 is 9.59 Å². The van der Waals surface area contributed by atoms with Gasteiger partial charge in [-0.05, 0) is 30.2 Å². The minimum absolute atomic E-state index is 0.0309. The summed E-state index contributed by atoms with van der Waals surface area (Å²) in [7, 11) is 0. The van der Waals surface area contributed by atoms with Gasteiger partial charge in [-0.15, -0.1) is 23.1 Å². The largest absolute Gasteiger partial charge is 0.349 e. The third kappa shape index (κ3) is 4.16. The van der Waals surface area contributed by atoms with Crippen LogP contribution in [0.15, 0.2) is 41.3 Å². The van der Waals surface area contributed by atoms with Crippen molar-refractivity contribution in [2.24, 2.45) is 0 Å². The Bertz CT molecular complexity index is 729. The average Bonchev–Trinajstić information content (AvgIpc) is 2.99. The number of carbonyl (C=O) groups is 2. The average molecular weight is 366 g/mol. The molecule has 3 rings (SSSR count). The Morgan fingerprint density at radius 2 is 2.00 bits per heavy atom. The predicted molar refractivity (Wildman–Crippen MR) is 95.6 cm³/mol.